The van der Waals surface area contributed by atoms with Crippen molar-refractivity contribution in [3.05, 3.63) is 53.1 Å². The van der Waals surface area contributed by atoms with Crippen LogP contribution in [0.1, 0.15) is 30.5 Å². The van der Waals surface area contributed by atoms with Crippen LogP contribution in [-0.2, 0) is 14.4 Å². The maximum Gasteiger partial charge on any atom is 0.329 e. The third-order valence-electron chi connectivity index (χ3n) is 4.21. The zero-order valence-electron chi connectivity index (χ0n) is 18.8. The zero-order chi connectivity index (χ0) is 23.7. The number of carbonyl (C=O) groups is 3. The van der Waals surface area contributed by atoms with Crippen LogP contribution < -0.4 is 25.5 Å². The summed E-state index contributed by atoms with van der Waals surface area (Å²) in [5.74, 6) is -1.17. The van der Waals surface area contributed by atoms with E-state index in [9.17, 15) is 14.4 Å². The van der Waals surface area contributed by atoms with E-state index in [0.29, 0.717) is 17.1 Å². The quantitative estimate of drug-likeness (QED) is 0.331. The Balaban J connectivity index is 1.94. The summed E-state index contributed by atoms with van der Waals surface area (Å²) in [5, 5.41) is 9.05. The first-order valence-electron chi connectivity index (χ1n) is 10.0. The third-order valence-corrected chi connectivity index (χ3v) is 4.21. The molecule has 0 aromatic heterocycles. The Labute approximate surface area is 187 Å². The monoisotopic (exact) mass is 440 g/mol. The molecule has 0 radical (unpaired) electrons. The molecule has 170 valence electrons. The Morgan fingerprint density at radius 1 is 1.03 bits per heavy atom. The lowest BCUT2D eigenvalue weighted by Crippen LogP contribution is -2.41. The molecule has 0 saturated heterocycles. The number of hydrogen-bond donors (Lipinski definition) is 3. The standard InChI is InChI=1S/C23H28N4O5/c1-14(2)25-22(29)23(30)27-24-12-17-7-9-19(20(11-17)31-5)32-13-21(28)26-18-8-6-15(3)10-16(18)4/h6-12,14H,13H2,1-5H3,(H,25,29)(H,26,28)(H,27,30)/b24-12-. The van der Waals surface area contributed by atoms with E-state index in [-0.39, 0.29) is 18.6 Å². The first kappa shape index (κ1) is 24.4. The minimum Gasteiger partial charge on any atom is -0.493 e. The van der Waals surface area contributed by atoms with Crippen LogP contribution in [0.25, 0.3) is 0 Å². The second-order valence-corrected chi connectivity index (χ2v) is 7.39. The number of methoxy groups -OCH3 is 1. The Morgan fingerprint density at radius 2 is 1.78 bits per heavy atom. The molecule has 0 bridgehead atoms. The van der Waals surface area contributed by atoms with Gasteiger partial charge >= 0.3 is 11.8 Å². The van der Waals surface area contributed by atoms with E-state index in [2.05, 4.69) is 21.2 Å². The van der Waals surface area contributed by atoms with Crippen LogP contribution in [0.2, 0.25) is 0 Å². The van der Waals surface area contributed by atoms with Crippen molar-refractivity contribution in [2.24, 2.45) is 5.10 Å². The molecule has 9 nitrogen and oxygen atoms in total. The van der Waals surface area contributed by atoms with Crippen LogP contribution in [0.4, 0.5) is 5.69 Å². The minimum atomic E-state index is -0.864. The van der Waals surface area contributed by atoms with E-state index >= 15 is 0 Å². The van der Waals surface area contributed by atoms with E-state index in [1.165, 1.54) is 13.3 Å². The van der Waals surface area contributed by atoms with Crippen molar-refractivity contribution < 1.29 is 23.9 Å². The molecule has 0 atom stereocenters. The largest absolute Gasteiger partial charge is 0.493 e. The second-order valence-electron chi connectivity index (χ2n) is 7.39. The van der Waals surface area contributed by atoms with Gasteiger partial charge < -0.3 is 20.1 Å². The molecule has 9 heteroatoms. The summed E-state index contributed by atoms with van der Waals surface area (Å²) in [4.78, 5) is 35.4. The fourth-order valence-corrected chi connectivity index (χ4v) is 2.71. The van der Waals surface area contributed by atoms with Crippen LogP contribution in [-0.4, -0.2) is 43.7 Å². The lowest BCUT2D eigenvalue weighted by Gasteiger charge is -2.12. The van der Waals surface area contributed by atoms with E-state index in [4.69, 9.17) is 9.47 Å². The molecule has 2 rings (SSSR count). The number of ether oxygens (including phenoxy) is 2. The number of nitrogens with zero attached hydrogens (tertiary/aromatic N) is 1. The van der Waals surface area contributed by atoms with Crippen molar-refractivity contribution in [2.45, 2.75) is 33.7 Å². The molecule has 3 N–H and O–H groups in total. The van der Waals surface area contributed by atoms with Crippen molar-refractivity contribution in [3.8, 4) is 11.5 Å². The van der Waals surface area contributed by atoms with E-state index in [1.807, 2.05) is 32.0 Å². The third kappa shape index (κ3) is 7.42. The molecule has 2 aromatic carbocycles. The number of anilines is 1. The van der Waals surface area contributed by atoms with Crippen LogP contribution in [0.15, 0.2) is 41.5 Å². The van der Waals surface area contributed by atoms with Crippen LogP contribution in [0.3, 0.4) is 0 Å². The van der Waals surface area contributed by atoms with Gasteiger partial charge in [0.25, 0.3) is 5.91 Å². The minimum absolute atomic E-state index is 0.156. The molecule has 0 saturated carbocycles. The number of benzene rings is 2. The lowest BCUT2D eigenvalue weighted by atomic mass is 10.1. The number of rotatable bonds is 8. The summed E-state index contributed by atoms with van der Waals surface area (Å²) < 4.78 is 10.9. The Hall–Kier alpha value is -3.88. The topological polar surface area (TPSA) is 118 Å². The number of aryl methyl sites for hydroxylation is 2. The smallest absolute Gasteiger partial charge is 0.329 e. The zero-order valence-corrected chi connectivity index (χ0v) is 18.8. The van der Waals surface area contributed by atoms with Gasteiger partial charge in [-0.05, 0) is 63.1 Å². The van der Waals surface area contributed by atoms with Gasteiger partial charge in [0.05, 0.1) is 13.3 Å². The predicted molar refractivity (Wildman–Crippen MR) is 122 cm³/mol. The van der Waals surface area contributed by atoms with Gasteiger partial charge in [-0.1, -0.05) is 17.7 Å². The van der Waals surface area contributed by atoms with Crippen molar-refractivity contribution >= 4 is 29.6 Å². The van der Waals surface area contributed by atoms with Gasteiger partial charge in [-0.2, -0.15) is 5.10 Å². The van der Waals surface area contributed by atoms with Gasteiger partial charge in [-0.25, -0.2) is 5.43 Å². The molecular formula is C23H28N4O5. The van der Waals surface area contributed by atoms with Crippen molar-refractivity contribution in [2.75, 3.05) is 19.0 Å². The summed E-state index contributed by atoms with van der Waals surface area (Å²) in [5.41, 5.74) is 5.56. The van der Waals surface area contributed by atoms with Gasteiger partial charge in [0.15, 0.2) is 18.1 Å². The molecule has 0 spiro atoms. The first-order chi connectivity index (χ1) is 15.2. The van der Waals surface area contributed by atoms with Gasteiger partial charge in [-0.3, -0.25) is 14.4 Å². The summed E-state index contributed by atoms with van der Waals surface area (Å²) in [6, 6.07) is 10.5. The van der Waals surface area contributed by atoms with Gasteiger partial charge in [0.1, 0.15) is 0 Å². The SMILES string of the molecule is COc1cc(/C=N\NC(=O)C(=O)NC(C)C)ccc1OCC(=O)Nc1ccc(C)cc1C. The molecule has 3 amide bonds. The lowest BCUT2D eigenvalue weighted by molar-refractivity contribution is -0.139. The molecule has 0 aliphatic heterocycles. The van der Waals surface area contributed by atoms with Gasteiger partial charge in [-0.15, -0.1) is 0 Å². The van der Waals surface area contributed by atoms with Crippen LogP contribution in [0.5, 0.6) is 11.5 Å². The molecule has 0 aliphatic rings. The highest BCUT2D eigenvalue weighted by Gasteiger charge is 2.13. The fraction of sp³-hybridized carbons (Fsp3) is 0.304. The molecule has 2 aromatic rings. The fourth-order valence-electron chi connectivity index (χ4n) is 2.71. The average molecular weight is 441 g/mol. The second kappa shape index (κ2) is 11.5. The number of hydrazone groups is 1. The highest BCUT2D eigenvalue weighted by Crippen LogP contribution is 2.27. The molecule has 0 aliphatic carbocycles. The van der Waals surface area contributed by atoms with Crippen molar-refractivity contribution in [1.82, 2.24) is 10.7 Å². The van der Waals surface area contributed by atoms with E-state index in [1.54, 1.807) is 32.0 Å². The Kier molecular flexibility index (Phi) is 8.76. The highest BCUT2D eigenvalue weighted by molar-refractivity contribution is 6.35. The number of hydrogen-bond acceptors (Lipinski definition) is 6. The maximum atomic E-state index is 12.2. The Bertz CT molecular complexity index is 1020. The highest BCUT2D eigenvalue weighted by atomic mass is 16.5. The van der Waals surface area contributed by atoms with Gasteiger partial charge in [0.2, 0.25) is 0 Å². The van der Waals surface area contributed by atoms with Crippen molar-refractivity contribution in [3.63, 3.8) is 0 Å². The molecule has 0 fully saturated rings. The number of amides is 3. The molecule has 32 heavy (non-hydrogen) atoms. The number of carbonyl (C=O) groups excluding carboxylic acids is 3. The van der Waals surface area contributed by atoms with E-state index in [0.717, 1.165) is 16.8 Å². The molecular weight excluding hydrogens is 412 g/mol. The van der Waals surface area contributed by atoms with E-state index < -0.39 is 11.8 Å². The molecule has 0 heterocycles. The summed E-state index contributed by atoms with van der Waals surface area (Å²) in [6.45, 7) is 7.21. The summed E-state index contributed by atoms with van der Waals surface area (Å²) >= 11 is 0. The predicted octanol–water partition coefficient (Wildman–Crippen LogP) is 2.30. The average Bonchev–Trinajstić information content (AvgIpc) is 2.74. The first-order valence-corrected chi connectivity index (χ1v) is 10.0. The molecule has 0 unspecified atom stereocenters. The van der Waals surface area contributed by atoms with Gasteiger partial charge in [0, 0.05) is 11.7 Å². The maximum absolute atomic E-state index is 12.2. The van der Waals surface area contributed by atoms with Crippen molar-refractivity contribution in [1.29, 1.82) is 0 Å². The summed E-state index contributed by atoms with van der Waals surface area (Å²) in [7, 11) is 1.47. The normalized spacial score (nSPS) is 10.7. The van der Waals surface area contributed by atoms with Crippen LogP contribution in [0, 0.1) is 13.8 Å². The van der Waals surface area contributed by atoms with Crippen LogP contribution >= 0.6 is 0 Å². The number of nitrogens with one attached hydrogen (secondary N) is 3. The Morgan fingerprint density at radius 3 is 2.44 bits per heavy atom. The summed E-state index contributed by atoms with van der Waals surface area (Å²) in [6.07, 6.45) is 1.36.